The molecule has 49 heavy (non-hydrogen) atoms. The van der Waals surface area contributed by atoms with Crippen molar-refractivity contribution in [3.05, 3.63) is 60.1 Å². The first kappa shape index (κ1) is 34.7. The first-order chi connectivity index (χ1) is 23.3. The van der Waals surface area contributed by atoms with Gasteiger partial charge in [-0.2, -0.15) is 23.5 Å². The van der Waals surface area contributed by atoms with Crippen LogP contribution in [-0.2, 0) is 29.8 Å². The van der Waals surface area contributed by atoms with E-state index in [0.717, 1.165) is 34.4 Å². The Morgan fingerprint density at radius 1 is 1.16 bits per heavy atom. The van der Waals surface area contributed by atoms with E-state index in [-0.39, 0.29) is 23.7 Å². The molecule has 0 unspecified atom stereocenters. The number of aliphatic hydroxyl groups is 1. The van der Waals surface area contributed by atoms with Gasteiger partial charge in [0.25, 0.3) is 5.91 Å². The molecule has 1 aliphatic carbocycles. The number of hydrogen-bond donors (Lipinski definition) is 1. The number of nitriles is 1. The number of pyridine rings is 1. The quantitative estimate of drug-likeness (QED) is 0.174. The molecule has 16 heteroatoms. The van der Waals surface area contributed by atoms with E-state index in [1.165, 1.54) is 17.3 Å². The van der Waals surface area contributed by atoms with E-state index in [9.17, 15) is 28.3 Å². The van der Waals surface area contributed by atoms with Gasteiger partial charge < -0.3 is 19.3 Å². The van der Waals surface area contributed by atoms with Gasteiger partial charge in [-0.1, -0.05) is 19.6 Å². The van der Waals surface area contributed by atoms with E-state index in [1.54, 1.807) is 6.20 Å². The number of alkyl halides is 3. The van der Waals surface area contributed by atoms with Crippen molar-refractivity contribution < 1.29 is 27.8 Å². The highest BCUT2D eigenvalue weighted by atomic mass is 28.3. The zero-order chi connectivity index (χ0) is 35.0. The van der Waals surface area contributed by atoms with Gasteiger partial charge in [0.1, 0.15) is 30.1 Å². The number of carbonyl (C=O) groups is 1. The van der Waals surface area contributed by atoms with Crippen molar-refractivity contribution in [3.8, 4) is 17.3 Å². The number of halogens is 3. The zero-order valence-corrected chi connectivity index (χ0v) is 28.8. The summed E-state index contributed by atoms with van der Waals surface area (Å²) in [6.45, 7) is 9.16. The van der Waals surface area contributed by atoms with Gasteiger partial charge in [0.05, 0.1) is 36.5 Å². The van der Waals surface area contributed by atoms with E-state index < -0.39 is 38.0 Å². The molecule has 1 saturated carbocycles. The van der Waals surface area contributed by atoms with Gasteiger partial charge in [0.15, 0.2) is 0 Å². The number of piperazine rings is 1. The van der Waals surface area contributed by atoms with Gasteiger partial charge in [-0.05, 0) is 42.6 Å². The molecule has 1 amide bonds. The maximum atomic E-state index is 13.3. The van der Waals surface area contributed by atoms with Gasteiger partial charge in [0.2, 0.25) is 0 Å². The molecule has 0 atom stereocenters. The number of ether oxygens (including phenoxy) is 1. The molecule has 0 spiro atoms. The number of carbonyl (C=O) groups excluding carboxylic acids is 1. The van der Waals surface area contributed by atoms with Crippen LogP contribution in [0.2, 0.25) is 25.7 Å². The fourth-order valence-corrected chi connectivity index (χ4v) is 7.36. The Bertz CT molecular complexity index is 1850. The number of aliphatic hydroxyl groups excluding tert-OH is 1. The summed E-state index contributed by atoms with van der Waals surface area (Å²) in [5.41, 5.74) is 0.308. The summed E-state index contributed by atoms with van der Waals surface area (Å²) in [6.07, 6.45) is 4.12. The predicted molar refractivity (Wildman–Crippen MR) is 177 cm³/mol. The third-order valence-corrected chi connectivity index (χ3v) is 11.2. The minimum Gasteiger partial charge on any atom is -0.392 e. The lowest BCUT2D eigenvalue weighted by Gasteiger charge is -2.52. The van der Waals surface area contributed by atoms with Crippen LogP contribution in [0.3, 0.4) is 0 Å². The summed E-state index contributed by atoms with van der Waals surface area (Å²) in [6, 6.07) is 7.51. The van der Waals surface area contributed by atoms with Crippen LogP contribution in [0, 0.1) is 11.3 Å². The topological polar surface area (TPSA) is 138 Å². The van der Waals surface area contributed by atoms with Crippen LogP contribution in [-0.4, -0.2) is 97.0 Å². The third-order valence-electron chi connectivity index (χ3n) is 9.46. The molecule has 0 radical (unpaired) electrons. The Morgan fingerprint density at radius 2 is 1.92 bits per heavy atom. The molecular weight excluding hydrogens is 656 g/mol. The lowest BCUT2D eigenvalue weighted by molar-refractivity contribution is -0.141. The zero-order valence-electron chi connectivity index (χ0n) is 27.8. The van der Waals surface area contributed by atoms with Gasteiger partial charge in [0, 0.05) is 70.2 Å². The maximum Gasteiger partial charge on any atom is 0.433 e. The summed E-state index contributed by atoms with van der Waals surface area (Å²) in [5, 5.41) is 24.8. The number of nitrogens with zero attached hydrogens (tertiary/aromatic N) is 9. The molecule has 1 N–H and O–H groups in total. The van der Waals surface area contributed by atoms with Crippen LogP contribution < -0.4 is 0 Å². The molecule has 4 aromatic rings. The van der Waals surface area contributed by atoms with Gasteiger partial charge in [-0.3, -0.25) is 14.4 Å². The van der Waals surface area contributed by atoms with E-state index in [1.807, 2.05) is 27.7 Å². The molecule has 5 heterocycles. The summed E-state index contributed by atoms with van der Waals surface area (Å²) < 4.78 is 49.8. The lowest BCUT2D eigenvalue weighted by atomic mass is 9.70. The molecule has 0 bridgehead atoms. The number of fused-ring (bicyclic) bond motifs is 1. The van der Waals surface area contributed by atoms with Gasteiger partial charge in [-0.15, -0.1) is 0 Å². The van der Waals surface area contributed by atoms with Crippen molar-refractivity contribution in [1.29, 1.82) is 5.26 Å². The fraction of sp³-hybridized carbons (Fsp3) is 0.515. The van der Waals surface area contributed by atoms with Crippen molar-refractivity contribution in [2.24, 2.45) is 0 Å². The van der Waals surface area contributed by atoms with E-state index in [4.69, 9.17) is 9.84 Å². The molecule has 2 aliphatic rings. The monoisotopic (exact) mass is 695 g/mol. The minimum absolute atomic E-state index is 0.0188. The largest absolute Gasteiger partial charge is 0.433 e. The molecule has 1 aliphatic heterocycles. The average Bonchev–Trinajstić information content (AvgIpc) is 3.71. The number of amides is 1. The number of aromatic nitrogens is 6. The van der Waals surface area contributed by atoms with Crippen molar-refractivity contribution in [2.45, 2.75) is 76.0 Å². The fourth-order valence-electron chi connectivity index (χ4n) is 6.60. The Kier molecular flexibility index (Phi) is 9.64. The Hall–Kier alpha value is -4.17. The van der Waals surface area contributed by atoms with Crippen molar-refractivity contribution >= 4 is 25.0 Å². The summed E-state index contributed by atoms with van der Waals surface area (Å²) in [5.74, 6) is -0.597. The normalized spacial score (nSPS) is 20.4. The van der Waals surface area contributed by atoms with Gasteiger partial charge in [-0.25, -0.2) is 15.0 Å². The highest BCUT2D eigenvalue weighted by molar-refractivity contribution is 6.76. The minimum atomic E-state index is -4.73. The maximum absolute atomic E-state index is 13.3. The van der Waals surface area contributed by atoms with Crippen molar-refractivity contribution in [2.75, 3.05) is 32.8 Å². The average molecular weight is 696 g/mol. The van der Waals surface area contributed by atoms with Crippen LogP contribution in [0.25, 0.3) is 22.3 Å². The van der Waals surface area contributed by atoms with Crippen LogP contribution in [0.15, 0.2) is 43.1 Å². The lowest BCUT2D eigenvalue weighted by Crippen LogP contribution is -2.60. The molecule has 2 fully saturated rings. The SMILES string of the molecule is C[Si](C)(C)CCOCn1ccc2c(-c3cnn([C@]4(CC#N)C[C@H](N5CCN(C(=O)c6cc(CO)cc(C(F)(F)F)n6)CC5)C4)c3)ncnc21. The van der Waals surface area contributed by atoms with E-state index in [0.29, 0.717) is 52.4 Å². The van der Waals surface area contributed by atoms with Crippen LogP contribution in [0.1, 0.15) is 41.0 Å². The summed E-state index contributed by atoms with van der Waals surface area (Å²) >= 11 is 0. The molecule has 0 aromatic carbocycles. The standard InChI is InChI=1S/C33H40F3N9O3Si/c1-49(2,3)13-12-48-22-44-7-4-26-29(38-21-39-30(26)44)24-18-40-45(19-24)32(5-6-37)16-25(17-32)42-8-10-43(11-9-42)31(47)27-14-23(20-46)15-28(41-27)33(34,35)36/h4,7,14-15,18-19,21,25,46H,5,8-13,16-17,20,22H2,1-3H3/t25-,32+. The summed E-state index contributed by atoms with van der Waals surface area (Å²) in [7, 11) is -1.19. The predicted octanol–water partition coefficient (Wildman–Crippen LogP) is 4.74. The smallest absolute Gasteiger partial charge is 0.392 e. The first-order valence-electron chi connectivity index (χ1n) is 16.3. The molecule has 6 rings (SSSR count). The molecule has 260 valence electrons. The van der Waals surface area contributed by atoms with Crippen molar-refractivity contribution in [1.82, 2.24) is 39.1 Å². The molecular formula is C33H40F3N9O3Si. The third kappa shape index (κ3) is 7.39. The number of rotatable bonds is 11. The van der Waals surface area contributed by atoms with Crippen LogP contribution >= 0.6 is 0 Å². The second kappa shape index (κ2) is 13.6. The Labute approximate surface area is 283 Å². The molecule has 4 aromatic heterocycles. The summed E-state index contributed by atoms with van der Waals surface area (Å²) in [4.78, 5) is 29.5. The van der Waals surface area contributed by atoms with Gasteiger partial charge >= 0.3 is 6.18 Å². The van der Waals surface area contributed by atoms with E-state index >= 15 is 0 Å². The van der Waals surface area contributed by atoms with E-state index in [2.05, 4.69) is 45.6 Å². The Balaban J connectivity index is 1.09. The highest BCUT2D eigenvalue weighted by Crippen LogP contribution is 2.45. The van der Waals surface area contributed by atoms with Crippen LogP contribution in [0.5, 0.6) is 0 Å². The van der Waals surface area contributed by atoms with Crippen molar-refractivity contribution in [3.63, 3.8) is 0 Å². The Morgan fingerprint density at radius 3 is 2.59 bits per heavy atom. The first-order valence-corrected chi connectivity index (χ1v) is 20.0. The number of hydrogen-bond acceptors (Lipinski definition) is 9. The highest BCUT2D eigenvalue weighted by Gasteiger charge is 2.49. The van der Waals surface area contributed by atoms with Crippen LogP contribution in [0.4, 0.5) is 13.2 Å². The molecule has 1 saturated heterocycles. The second-order valence-electron chi connectivity index (χ2n) is 14.1. The molecule has 12 nitrogen and oxygen atoms in total. The second-order valence-corrected chi connectivity index (χ2v) is 19.7.